The molecule has 0 spiro atoms. The summed E-state index contributed by atoms with van der Waals surface area (Å²) in [6.45, 7) is 3.35. The van der Waals surface area contributed by atoms with Crippen molar-refractivity contribution in [2.45, 2.75) is 13.8 Å². The van der Waals surface area contributed by atoms with E-state index in [9.17, 15) is 9.59 Å². The van der Waals surface area contributed by atoms with Crippen LogP contribution in [0.1, 0.15) is 22.3 Å². The van der Waals surface area contributed by atoms with E-state index in [0.717, 1.165) is 22.3 Å². The molecule has 0 aliphatic heterocycles. The molecule has 0 unspecified atom stereocenters. The SMILES string of the molecule is Cc1cc(OCC(=O)NN=Cc2ccc(C=NNC(=O)COc3ccc(Cl)c(C)c3)cc2)ccc1Cl. The quantitative estimate of drug-likeness (QED) is 0.296. The van der Waals surface area contributed by atoms with Crippen molar-refractivity contribution >= 4 is 47.4 Å². The van der Waals surface area contributed by atoms with Gasteiger partial charge in [-0.1, -0.05) is 47.5 Å². The largest absolute Gasteiger partial charge is 0.484 e. The van der Waals surface area contributed by atoms with Gasteiger partial charge >= 0.3 is 0 Å². The molecule has 36 heavy (non-hydrogen) atoms. The van der Waals surface area contributed by atoms with Crippen LogP contribution in [0.4, 0.5) is 0 Å². The Morgan fingerprint density at radius 1 is 0.722 bits per heavy atom. The van der Waals surface area contributed by atoms with Gasteiger partial charge < -0.3 is 9.47 Å². The Morgan fingerprint density at radius 3 is 1.47 bits per heavy atom. The van der Waals surface area contributed by atoms with Crippen LogP contribution >= 0.6 is 23.2 Å². The van der Waals surface area contributed by atoms with Gasteiger partial charge in [-0.05, 0) is 72.5 Å². The zero-order valence-electron chi connectivity index (χ0n) is 19.6. The zero-order chi connectivity index (χ0) is 25.9. The number of carbonyl (C=O) groups excluding carboxylic acids is 2. The average Bonchev–Trinajstić information content (AvgIpc) is 2.86. The number of carbonyl (C=O) groups is 2. The second-order valence-electron chi connectivity index (χ2n) is 7.65. The van der Waals surface area contributed by atoms with E-state index in [-0.39, 0.29) is 13.2 Å². The molecule has 0 atom stereocenters. The highest BCUT2D eigenvalue weighted by atomic mass is 35.5. The van der Waals surface area contributed by atoms with Crippen LogP contribution in [0.2, 0.25) is 10.0 Å². The summed E-state index contributed by atoms with van der Waals surface area (Å²) in [6.07, 6.45) is 3.01. The predicted octanol–water partition coefficient (Wildman–Crippen LogP) is 4.67. The molecule has 3 aromatic rings. The number of benzene rings is 3. The normalized spacial score (nSPS) is 11.0. The van der Waals surface area contributed by atoms with Crippen LogP contribution in [0.3, 0.4) is 0 Å². The molecule has 0 bridgehead atoms. The van der Waals surface area contributed by atoms with Crippen molar-refractivity contribution in [2.75, 3.05) is 13.2 Å². The topological polar surface area (TPSA) is 101 Å². The first-order valence-electron chi connectivity index (χ1n) is 10.8. The molecule has 0 fully saturated rings. The fourth-order valence-corrected chi connectivity index (χ4v) is 3.04. The Balaban J connectivity index is 1.38. The summed E-state index contributed by atoms with van der Waals surface area (Å²) in [7, 11) is 0. The number of rotatable bonds is 10. The summed E-state index contributed by atoms with van der Waals surface area (Å²) < 4.78 is 10.8. The first-order valence-corrected chi connectivity index (χ1v) is 11.6. The highest BCUT2D eigenvalue weighted by Crippen LogP contribution is 2.21. The Kier molecular flexibility index (Phi) is 9.85. The van der Waals surface area contributed by atoms with Crippen molar-refractivity contribution in [2.24, 2.45) is 10.2 Å². The van der Waals surface area contributed by atoms with Crippen LogP contribution < -0.4 is 20.3 Å². The van der Waals surface area contributed by atoms with Gasteiger partial charge in [0.05, 0.1) is 12.4 Å². The molecular formula is C26H24Cl2N4O4. The van der Waals surface area contributed by atoms with E-state index >= 15 is 0 Å². The minimum absolute atomic E-state index is 0.177. The van der Waals surface area contributed by atoms with E-state index in [4.69, 9.17) is 32.7 Å². The van der Waals surface area contributed by atoms with E-state index in [1.807, 2.05) is 13.8 Å². The highest BCUT2D eigenvalue weighted by Gasteiger charge is 2.04. The van der Waals surface area contributed by atoms with Gasteiger partial charge in [-0.3, -0.25) is 9.59 Å². The molecule has 0 aliphatic carbocycles. The number of hydrazone groups is 2. The molecule has 0 aromatic heterocycles. The van der Waals surface area contributed by atoms with E-state index < -0.39 is 11.8 Å². The monoisotopic (exact) mass is 526 g/mol. The molecule has 0 saturated heterocycles. The molecule has 186 valence electrons. The third-order valence-electron chi connectivity index (χ3n) is 4.74. The minimum Gasteiger partial charge on any atom is -0.484 e. The van der Waals surface area contributed by atoms with Crippen molar-refractivity contribution in [1.29, 1.82) is 0 Å². The van der Waals surface area contributed by atoms with Gasteiger partial charge in [0.1, 0.15) is 11.5 Å². The van der Waals surface area contributed by atoms with Crippen molar-refractivity contribution in [1.82, 2.24) is 10.9 Å². The molecule has 0 radical (unpaired) electrons. The maximum Gasteiger partial charge on any atom is 0.277 e. The van der Waals surface area contributed by atoms with Crippen molar-refractivity contribution < 1.29 is 19.1 Å². The summed E-state index contributed by atoms with van der Waals surface area (Å²) in [5, 5.41) is 9.10. The van der Waals surface area contributed by atoms with Gasteiger partial charge in [-0.25, -0.2) is 10.9 Å². The summed E-state index contributed by atoms with van der Waals surface area (Å²) in [5.41, 5.74) is 8.06. The fraction of sp³-hybridized carbons (Fsp3) is 0.154. The number of halogens is 2. The molecule has 2 amide bonds. The van der Waals surface area contributed by atoms with Crippen LogP contribution in [0.5, 0.6) is 11.5 Å². The lowest BCUT2D eigenvalue weighted by Gasteiger charge is -2.06. The summed E-state index contributed by atoms with van der Waals surface area (Å²) >= 11 is 11.9. The summed E-state index contributed by atoms with van der Waals surface area (Å²) in [4.78, 5) is 23.8. The number of hydrogen-bond donors (Lipinski definition) is 2. The highest BCUT2D eigenvalue weighted by molar-refractivity contribution is 6.31. The van der Waals surface area contributed by atoms with Crippen LogP contribution in [0.25, 0.3) is 0 Å². The maximum atomic E-state index is 11.9. The Bertz CT molecular complexity index is 1180. The predicted molar refractivity (Wildman–Crippen MR) is 141 cm³/mol. The Morgan fingerprint density at radius 2 is 1.11 bits per heavy atom. The number of nitrogens with zero attached hydrogens (tertiary/aromatic N) is 2. The third-order valence-corrected chi connectivity index (χ3v) is 5.59. The number of aryl methyl sites for hydroxylation is 2. The van der Waals surface area contributed by atoms with Gasteiger partial charge in [-0.15, -0.1) is 0 Å². The lowest BCUT2D eigenvalue weighted by atomic mass is 10.2. The molecule has 10 heteroatoms. The van der Waals surface area contributed by atoms with Crippen LogP contribution in [0, 0.1) is 13.8 Å². The van der Waals surface area contributed by atoms with Crippen molar-refractivity contribution in [3.8, 4) is 11.5 Å². The number of ether oxygens (including phenoxy) is 2. The molecule has 0 heterocycles. The van der Waals surface area contributed by atoms with Crippen molar-refractivity contribution in [3.63, 3.8) is 0 Å². The van der Waals surface area contributed by atoms with Gasteiger partial charge in [0.15, 0.2) is 13.2 Å². The Hall–Kier alpha value is -3.88. The fourth-order valence-electron chi connectivity index (χ4n) is 2.80. The Labute approximate surface area is 218 Å². The first kappa shape index (κ1) is 26.7. The van der Waals surface area contributed by atoms with E-state index in [1.54, 1.807) is 60.7 Å². The molecule has 0 aliphatic rings. The summed E-state index contributed by atoms with van der Waals surface area (Å²) in [5.74, 6) is 0.310. The van der Waals surface area contributed by atoms with E-state index in [1.165, 1.54) is 12.4 Å². The molecule has 8 nitrogen and oxygen atoms in total. The van der Waals surface area contributed by atoms with Gasteiger partial charge in [0.25, 0.3) is 11.8 Å². The standard InChI is InChI=1S/C26H24Cl2N4O4/c1-17-11-21(7-9-23(17)27)35-15-25(33)31-29-13-19-3-5-20(6-4-19)14-30-32-26(34)16-36-22-8-10-24(28)18(2)12-22/h3-14H,15-16H2,1-2H3,(H,31,33)(H,32,34). The maximum absolute atomic E-state index is 11.9. The molecular weight excluding hydrogens is 503 g/mol. The second-order valence-corrected chi connectivity index (χ2v) is 8.47. The smallest absolute Gasteiger partial charge is 0.277 e. The van der Waals surface area contributed by atoms with Crippen LogP contribution in [0.15, 0.2) is 70.9 Å². The van der Waals surface area contributed by atoms with Crippen LogP contribution in [-0.2, 0) is 9.59 Å². The lowest BCUT2D eigenvalue weighted by Crippen LogP contribution is -2.24. The van der Waals surface area contributed by atoms with E-state index in [2.05, 4.69) is 21.1 Å². The number of amides is 2. The minimum atomic E-state index is -0.395. The molecule has 3 aromatic carbocycles. The van der Waals surface area contributed by atoms with Crippen molar-refractivity contribution in [3.05, 3.63) is 93.0 Å². The second kappa shape index (κ2) is 13.3. The van der Waals surface area contributed by atoms with Gasteiger partial charge in [-0.2, -0.15) is 10.2 Å². The molecule has 0 saturated carbocycles. The lowest BCUT2D eigenvalue weighted by molar-refractivity contribution is -0.123. The third kappa shape index (κ3) is 8.72. The van der Waals surface area contributed by atoms with E-state index in [0.29, 0.717) is 21.5 Å². The first-order chi connectivity index (χ1) is 17.3. The number of hydrogen-bond acceptors (Lipinski definition) is 6. The van der Waals surface area contributed by atoms with Gasteiger partial charge in [0.2, 0.25) is 0 Å². The summed E-state index contributed by atoms with van der Waals surface area (Å²) in [6, 6.07) is 17.5. The molecule has 3 rings (SSSR count). The number of nitrogens with one attached hydrogen (secondary N) is 2. The average molecular weight is 527 g/mol. The zero-order valence-corrected chi connectivity index (χ0v) is 21.1. The van der Waals surface area contributed by atoms with Gasteiger partial charge in [0, 0.05) is 10.0 Å². The van der Waals surface area contributed by atoms with Crippen LogP contribution in [-0.4, -0.2) is 37.5 Å². The molecule has 2 N–H and O–H groups in total.